The zero-order valence-electron chi connectivity index (χ0n) is 6.15. The average Bonchev–Trinajstić information content (AvgIpc) is 2.50. The maximum absolute atomic E-state index is 8.68. The first kappa shape index (κ1) is 8.45. The lowest BCUT2D eigenvalue weighted by Gasteiger charge is -2.01. The molecule has 0 saturated heterocycles. The van der Waals surface area contributed by atoms with Gasteiger partial charge in [-0.3, -0.25) is 0 Å². The van der Waals surface area contributed by atoms with E-state index in [2.05, 4.69) is 4.98 Å². The van der Waals surface area contributed by atoms with Gasteiger partial charge in [-0.1, -0.05) is 11.3 Å². The number of hydrogen-bond acceptors (Lipinski definition) is 5. The largest absolute Gasteiger partial charge is 0.473 e. The van der Waals surface area contributed by atoms with Gasteiger partial charge in [-0.25, -0.2) is 4.98 Å². The van der Waals surface area contributed by atoms with Gasteiger partial charge in [0.25, 0.3) is 5.19 Å². The van der Waals surface area contributed by atoms with Gasteiger partial charge in [0, 0.05) is 11.1 Å². The van der Waals surface area contributed by atoms with Gasteiger partial charge in [-0.2, -0.15) is 0 Å². The highest BCUT2D eigenvalue weighted by molar-refractivity contribution is 7.13. The number of ether oxygens (including phenoxy) is 1. The van der Waals surface area contributed by atoms with Crippen LogP contribution in [-0.4, -0.2) is 23.8 Å². The van der Waals surface area contributed by atoms with Gasteiger partial charge >= 0.3 is 0 Å². The lowest BCUT2D eigenvalue weighted by Crippen LogP contribution is -2.12. The molecule has 0 fully saturated rings. The summed E-state index contributed by atoms with van der Waals surface area (Å²) >= 11 is 1.35. The smallest absolute Gasteiger partial charge is 0.273 e. The maximum Gasteiger partial charge on any atom is 0.273 e. The fourth-order valence-electron chi connectivity index (χ4n) is 0.626. The molecule has 0 aliphatic heterocycles. The number of aliphatic hydroxyl groups is 1. The fraction of sp³-hybridized carbons (Fsp3) is 0.500. The summed E-state index contributed by atoms with van der Waals surface area (Å²) in [6, 6.07) is -0.337. The molecule has 4 nitrogen and oxygen atoms in total. The van der Waals surface area contributed by atoms with Crippen LogP contribution in [0.5, 0.6) is 5.19 Å². The van der Waals surface area contributed by atoms with Crippen molar-refractivity contribution >= 4 is 11.3 Å². The molecule has 0 aliphatic rings. The third-order valence-corrected chi connectivity index (χ3v) is 2.33. The minimum absolute atomic E-state index is 0.0641. The number of aliphatic hydroxyl groups excluding tert-OH is 1. The first-order valence-electron chi connectivity index (χ1n) is 3.14. The van der Waals surface area contributed by atoms with Crippen LogP contribution in [0.1, 0.15) is 10.9 Å². The van der Waals surface area contributed by atoms with E-state index >= 15 is 0 Å². The topological polar surface area (TPSA) is 68.4 Å². The van der Waals surface area contributed by atoms with Crippen LogP contribution in [0.3, 0.4) is 0 Å². The van der Waals surface area contributed by atoms with Crippen molar-refractivity contribution in [2.75, 3.05) is 13.7 Å². The monoisotopic (exact) mass is 174 g/mol. The van der Waals surface area contributed by atoms with Gasteiger partial charge in [0.05, 0.1) is 19.8 Å². The first-order valence-corrected chi connectivity index (χ1v) is 3.95. The van der Waals surface area contributed by atoms with Crippen LogP contribution in [0, 0.1) is 0 Å². The summed E-state index contributed by atoms with van der Waals surface area (Å²) in [5, 5.41) is 9.26. The number of aromatic nitrogens is 1. The van der Waals surface area contributed by atoms with E-state index < -0.39 is 0 Å². The number of nitrogens with two attached hydrogens (primary N) is 1. The summed E-state index contributed by atoms with van der Waals surface area (Å²) in [6.45, 7) is -0.0641. The Kier molecular flexibility index (Phi) is 2.81. The van der Waals surface area contributed by atoms with Crippen LogP contribution in [0.25, 0.3) is 0 Å². The van der Waals surface area contributed by atoms with Crippen molar-refractivity contribution < 1.29 is 9.84 Å². The highest BCUT2D eigenvalue weighted by atomic mass is 32.1. The third-order valence-electron chi connectivity index (χ3n) is 1.24. The number of rotatable bonds is 3. The Morgan fingerprint density at radius 1 is 1.91 bits per heavy atom. The first-order chi connectivity index (χ1) is 5.27. The minimum Gasteiger partial charge on any atom is -0.473 e. The SMILES string of the molecule is COc1ncc([C@@H](N)CO)s1. The normalized spacial score (nSPS) is 13.0. The highest BCUT2D eigenvalue weighted by Gasteiger charge is 2.08. The minimum atomic E-state index is -0.337. The van der Waals surface area contributed by atoms with Crippen molar-refractivity contribution in [1.29, 1.82) is 0 Å². The second-order valence-electron chi connectivity index (χ2n) is 2.02. The molecule has 0 spiro atoms. The van der Waals surface area contributed by atoms with Crippen molar-refractivity contribution in [3.8, 4) is 5.19 Å². The molecule has 1 atom stereocenters. The summed E-state index contributed by atoms with van der Waals surface area (Å²) in [4.78, 5) is 4.75. The van der Waals surface area contributed by atoms with Crippen LogP contribution in [0.2, 0.25) is 0 Å². The second-order valence-corrected chi connectivity index (χ2v) is 3.05. The van der Waals surface area contributed by atoms with Gasteiger partial charge in [-0.05, 0) is 0 Å². The lowest BCUT2D eigenvalue weighted by molar-refractivity contribution is 0.269. The molecule has 3 N–H and O–H groups in total. The van der Waals surface area contributed by atoms with Crippen LogP contribution < -0.4 is 10.5 Å². The van der Waals surface area contributed by atoms with Gasteiger partial charge in [0.2, 0.25) is 0 Å². The van der Waals surface area contributed by atoms with Gasteiger partial charge < -0.3 is 15.6 Å². The van der Waals surface area contributed by atoms with E-state index in [1.807, 2.05) is 0 Å². The van der Waals surface area contributed by atoms with E-state index in [-0.39, 0.29) is 12.6 Å². The van der Waals surface area contributed by atoms with E-state index in [1.165, 1.54) is 11.3 Å². The molecular weight excluding hydrogens is 164 g/mol. The number of methoxy groups -OCH3 is 1. The molecular formula is C6H10N2O2S. The predicted octanol–water partition coefficient (Wildman–Crippen LogP) is 0.144. The Bertz CT molecular complexity index is 226. The molecule has 0 amide bonds. The zero-order valence-corrected chi connectivity index (χ0v) is 6.97. The van der Waals surface area contributed by atoms with Crippen molar-refractivity contribution in [2.24, 2.45) is 5.73 Å². The number of hydrogen-bond donors (Lipinski definition) is 2. The molecule has 1 rings (SSSR count). The Morgan fingerprint density at radius 3 is 3.09 bits per heavy atom. The number of nitrogens with zero attached hydrogens (tertiary/aromatic N) is 1. The molecule has 0 unspecified atom stereocenters. The molecule has 1 aromatic heterocycles. The molecule has 0 aromatic carbocycles. The van der Waals surface area contributed by atoms with Crippen LogP contribution in [0.15, 0.2) is 6.20 Å². The van der Waals surface area contributed by atoms with Gasteiger partial charge in [0.15, 0.2) is 0 Å². The van der Waals surface area contributed by atoms with Crippen molar-refractivity contribution in [3.63, 3.8) is 0 Å². The number of thiazole rings is 1. The van der Waals surface area contributed by atoms with Crippen LogP contribution in [-0.2, 0) is 0 Å². The molecule has 0 aliphatic carbocycles. The molecule has 0 radical (unpaired) electrons. The quantitative estimate of drug-likeness (QED) is 0.684. The molecule has 1 aromatic rings. The van der Waals surface area contributed by atoms with E-state index in [0.717, 1.165) is 4.88 Å². The van der Waals surface area contributed by atoms with E-state index in [9.17, 15) is 0 Å². The molecule has 0 saturated carbocycles. The van der Waals surface area contributed by atoms with Crippen molar-refractivity contribution in [2.45, 2.75) is 6.04 Å². The van der Waals surface area contributed by atoms with Gasteiger partial charge in [0.1, 0.15) is 0 Å². The summed E-state index contributed by atoms with van der Waals surface area (Å²) in [5.74, 6) is 0. The molecule has 5 heteroatoms. The van der Waals surface area contributed by atoms with Crippen molar-refractivity contribution in [3.05, 3.63) is 11.1 Å². The summed E-state index contributed by atoms with van der Waals surface area (Å²) in [5.41, 5.74) is 5.53. The summed E-state index contributed by atoms with van der Waals surface area (Å²) in [7, 11) is 1.55. The van der Waals surface area contributed by atoms with Crippen LogP contribution >= 0.6 is 11.3 Å². The van der Waals surface area contributed by atoms with Crippen molar-refractivity contribution in [1.82, 2.24) is 4.98 Å². The molecule has 62 valence electrons. The zero-order chi connectivity index (χ0) is 8.27. The molecule has 1 heterocycles. The maximum atomic E-state index is 8.68. The average molecular weight is 174 g/mol. The van der Waals surface area contributed by atoms with E-state index in [1.54, 1.807) is 13.3 Å². The Morgan fingerprint density at radius 2 is 2.64 bits per heavy atom. The Balaban J connectivity index is 2.71. The Hall–Kier alpha value is -0.650. The van der Waals surface area contributed by atoms with Crippen LogP contribution in [0.4, 0.5) is 0 Å². The van der Waals surface area contributed by atoms with Gasteiger partial charge in [-0.15, -0.1) is 0 Å². The van der Waals surface area contributed by atoms with E-state index in [0.29, 0.717) is 5.19 Å². The summed E-state index contributed by atoms with van der Waals surface area (Å²) in [6.07, 6.45) is 1.62. The predicted molar refractivity (Wildman–Crippen MR) is 42.7 cm³/mol. The standard InChI is InChI=1S/C6H10N2O2S/c1-10-6-8-2-5(11-6)4(7)3-9/h2,4,9H,3,7H2,1H3/t4-/m0/s1. The Labute approximate surface area is 68.6 Å². The third kappa shape index (κ3) is 1.89. The fourth-order valence-corrected chi connectivity index (χ4v) is 1.35. The summed E-state index contributed by atoms with van der Waals surface area (Å²) < 4.78 is 4.86. The van der Waals surface area contributed by atoms with E-state index in [4.69, 9.17) is 15.6 Å². The second kappa shape index (κ2) is 3.66. The lowest BCUT2D eigenvalue weighted by atomic mass is 10.3. The molecule has 11 heavy (non-hydrogen) atoms. The highest BCUT2D eigenvalue weighted by Crippen LogP contribution is 2.23. The molecule has 0 bridgehead atoms.